The van der Waals surface area contributed by atoms with Gasteiger partial charge < -0.3 is 15.5 Å². The molecule has 484 valence electrons. The summed E-state index contributed by atoms with van der Waals surface area (Å²) in [5, 5.41) is 23.3. The number of carbonyl (C=O) groups is 1. The molecule has 0 saturated carbocycles. The van der Waals surface area contributed by atoms with Gasteiger partial charge >= 0.3 is 0 Å². The Morgan fingerprint density at radius 1 is 0.293 bits per heavy atom. The number of unbranched alkanes of at least 4 members (excludes halogenated alkanes) is 58. The highest BCUT2D eigenvalue weighted by Crippen LogP contribution is 2.20. The van der Waals surface area contributed by atoms with E-state index < -0.39 is 12.1 Å². The zero-order valence-electron chi connectivity index (χ0n) is 56.0. The maximum atomic E-state index is 12.6. The Morgan fingerprint density at radius 3 is 0.744 bits per heavy atom. The quantitative estimate of drug-likeness (QED) is 0.0420. The van der Waals surface area contributed by atoms with Crippen LogP contribution in [-0.4, -0.2) is 34.9 Å². The van der Waals surface area contributed by atoms with Crippen LogP contribution in [0.2, 0.25) is 0 Å². The van der Waals surface area contributed by atoms with Gasteiger partial charge in [-0.3, -0.25) is 4.79 Å². The highest BCUT2D eigenvalue weighted by Gasteiger charge is 2.18. The molecule has 0 spiro atoms. The van der Waals surface area contributed by atoms with E-state index in [2.05, 4.69) is 55.6 Å². The van der Waals surface area contributed by atoms with Crippen LogP contribution in [0.4, 0.5) is 0 Å². The standard InChI is InChI=1S/C78H149NO3/c1-3-5-7-9-11-13-15-17-19-21-23-25-27-29-31-33-34-35-36-37-38-39-40-41-42-43-44-46-48-50-52-54-56-58-60-62-64-66-68-70-72-74-78(82)79-76(75-80)77(81)73-71-69-67-65-63-61-59-57-55-53-51-49-47-45-32-30-28-26-24-22-20-18-16-14-12-10-8-6-4-2/h15,17,21,23,27,29,71,73,76-77,80-81H,3-14,16,18-20,22,24-26,28,30-70,72,74-75H2,1-2H3,(H,79,82)/b17-15-,23-21-,29-27-,73-71+. The van der Waals surface area contributed by atoms with Crippen molar-refractivity contribution in [2.45, 2.75) is 437 Å². The highest BCUT2D eigenvalue weighted by molar-refractivity contribution is 5.76. The summed E-state index contributed by atoms with van der Waals surface area (Å²) < 4.78 is 0. The zero-order valence-corrected chi connectivity index (χ0v) is 56.0. The summed E-state index contributed by atoms with van der Waals surface area (Å²) in [4.78, 5) is 12.6. The van der Waals surface area contributed by atoms with Crippen LogP contribution >= 0.6 is 0 Å². The first kappa shape index (κ1) is 80.3. The largest absolute Gasteiger partial charge is 0.394 e. The van der Waals surface area contributed by atoms with Gasteiger partial charge in [0.25, 0.3) is 0 Å². The van der Waals surface area contributed by atoms with Crippen LogP contribution in [-0.2, 0) is 4.79 Å². The van der Waals surface area contributed by atoms with Crippen molar-refractivity contribution in [2.24, 2.45) is 0 Å². The van der Waals surface area contributed by atoms with E-state index in [4.69, 9.17) is 0 Å². The van der Waals surface area contributed by atoms with Gasteiger partial charge in [-0.2, -0.15) is 0 Å². The zero-order chi connectivity index (χ0) is 59.1. The van der Waals surface area contributed by atoms with E-state index in [1.54, 1.807) is 6.08 Å². The molecule has 3 N–H and O–H groups in total. The average molecular weight is 1150 g/mol. The lowest BCUT2D eigenvalue weighted by molar-refractivity contribution is -0.123. The Morgan fingerprint density at radius 2 is 0.500 bits per heavy atom. The number of nitrogens with one attached hydrogen (secondary N) is 1. The molecule has 0 radical (unpaired) electrons. The molecule has 0 aliphatic rings. The number of aliphatic hydroxyl groups excluding tert-OH is 2. The Hall–Kier alpha value is -1.65. The minimum atomic E-state index is -0.840. The summed E-state index contributed by atoms with van der Waals surface area (Å²) in [6.45, 7) is 4.34. The van der Waals surface area contributed by atoms with E-state index in [-0.39, 0.29) is 12.5 Å². The summed E-state index contributed by atoms with van der Waals surface area (Å²) in [5.74, 6) is -0.0547. The third-order valence-electron chi connectivity index (χ3n) is 17.8. The van der Waals surface area contributed by atoms with Crippen LogP contribution in [0.3, 0.4) is 0 Å². The van der Waals surface area contributed by atoms with Crippen molar-refractivity contribution in [1.29, 1.82) is 0 Å². The molecule has 0 aromatic carbocycles. The molecule has 0 heterocycles. The molecular formula is C78H149NO3. The van der Waals surface area contributed by atoms with Crippen LogP contribution in [0.15, 0.2) is 48.6 Å². The Bertz CT molecular complexity index is 1300. The Kier molecular flexibility index (Phi) is 72.1. The third kappa shape index (κ3) is 69.1. The highest BCUT2D eigenvalue weighted by atomic mass is 16.3. The van der Waals surface area contributed by atoms with Crippen molar-refractivity contribution < 1.29 is 15.0 Å². The fourth-order valence-corrected chi connectivity index (χ4v) is 12.1. The second-order valence-corrected chi connectivity index (χ2v) is 26.1. The van der Waals surface area contributed by atoms with Gasteiger partial charge in [-0.15, -0.1) is 0 Å². The van der Waals surface area contributed by atoms with Crippen LogP contribution < -0.4 is 5.32 Å². The molecule has 4 heteroatoms. The lowest BCUT2D eigenvalue weighted by Gasteiger charge is -2.20. The van der Waals surface area contributed by atoms with E-state index in [9.17, 15) is 15.0 Å². The number of rotatable bonds is 71. The van der Waals surface area contributed by atoms with Gasteiger partial charge in [0.2, 0.25) is 5.91 Å². The fraction of sp³-hybridized carbons (Fsp3) is 0.885. The SMILES string of the molecule is CCCCCCC/C=C\C/C=C\C/C=C\CCCCCCCCCCCCCCCCCCCCCCCCCCCCC(=O)NC(CO)C(O)/C=C/CCCCCCCCCCCCCCCCCCCCCCCCCCCCC. The van der Waals surface area contributed by atoms with E-state index >= 15 is 0 Å². The van der Waals surface area contributed by atoms with Crippen molar-refractivity contribution in [3.8, 4) is 0 Å². The lowest BCUT2D eigenvalue weighted by Crippen LogP contribution is -2.45. The molecule has 2 atom stereocenters. The average Bonchev–Trinajstić information content (AvgIpc) is 3.50. The second kappa shape index (κ2) is 73.6. The number of amides is 1. The Labute approximate surface area is 515 Å². The molecule has 0 fully saturated rings. The summed E-state index contributed by atoms with van der Waals surface area (Å²) in [6, 6.07) is -0.623. The molecule has 0 aromatic rings. The third-order valence-corrected chi connectivity index (χ3v) is 17.8. The maximum absolute atomic E-state index is 12.6. The van der Waals surface area contributed by atoms with Crippen molar-refractivity contribution >= 4 is 5.91 Å². The van der Waals surface area contributed by atoms with Crippen LogP contribution in [0.1, 0.15) is 425 Å². The van der Waals surface area contributed by atoms with Crippen molar-refractivity contribution in [3.05, 3.63) is 48.6 Å². The van der Waals surface area contributed by atoms with Gasteiger partial charge in [0.1, 0.15) is 0 Å². The molecule has 1 amide bonds. The van der Waals surface area contributed by atoms with Crippen molar-refractivity contribution in [2.75, 3.05) is 6.61 Å². The van der Waals surface area contributed by atoms with E-state index in [0.717, 1.165) is 38.5 Å². The van der Waals surface area contributed by atoms with E-state index in [1.165, 1.54) is 366 Å². The summed E-state index contributed by atoms with van der Waals surface area (Å²) in [6.07, 6.45) is 104. The predicted octanol–water partition coefficient (Wildman–Crippen LogP) is 26.1. The number of hydrogen-bond acceptors (Lipinski definition) is 3. The maximum Gasteiger partial charge on any atom is 0.220 e. The minimum absolute atomic E-state index is 0.0547. The molecule has 2 unspecified atom stereocenters. The van der Waals surface area contributed by atoms with Crippen molar-refractivity contribution in [1.82, 2.24) is 5.32 Å². The van der Waals surface area contributed by atoms with Crippen LogP contribution in [0, 0.1) is 0 Å². The first-order valence-corrected chi connectivity index (χ1v) is 37.9. The monoisotopic (exact) mass is 1150 g/mol. The first-order chi connectivity index (χ1) is 40.7. The van der Waals surface area contributed by atoms with Gasteiger partial charge in [-0.1, -0.05) is 409 Å². The lowest BCUT2D eigenvalue weighted by atomic mass is 10.0. The molecule has 0 rings (SSSR count). The smallest absolute Gasteiger partial charge is 0.220 e. The summed E-state index contributed by atoms with van der Waals surface area (Å²) >= 11 is 0. The van der Waals surface area contributed by atoms with Gasteiger partial charge in [0.05, 0.1) is 18.8 Å². The minimum Gasteiger partial charge on any atom is -0.394 e. The van der Waals surface area contributed by atoms with Gasteiger partial charge in [0.15, 0.2) is 0 Å². The van der Waals surface area contributed by atoms with Crippen LogP contribution in [0.25, 0.3) is 0 Å². The van der Waals surface area contributed by atoms with E-state index in [1.807, 2.05) is 6.08 Å². The molecular weight excluding hydrogens is 999 g/mol. The first-order valence-electron chi connectivity index (χ1n) is 37.9. The second-order valence-electron chi connectivity index (χ2n) is 26.1. The predicted molar refractivity (Wildman–Crippen MR) is 368 cm³/mol. The normalized spacial score (nSPS) is 12.9. The number of carbonyl (C=O) groups excluding carboxylic acids is 1. The molecule has 82 heavy (non-hydrogen) atoms. The molecule has 0 bridgehead atoms. The molecule has 0 aromatic heterocycles. The van der Waals surface area contributed by atoms with Gasteiger partial charge in [-0.25, -0.2) is 0 Å². The summed E-state index contributed by atoms with van der Waals surface area (Å²) in [5.41, 5.74) is 0. The molecule has 0 saturated heterocycles. The fourth-order valence-electron chi connectivity index (χ4n) is 12.1. The number of allylic oxidation sites excluding steroid dienone is 7. The molecule has 0 aliphatic heterocycles. The topological polar surface area (TPSA) is 69.6 Å². The van der Waals surface area contributed by atoms with E-state index in [0.29, 0.717) is 6.42 Å². The number of aliphatic hydroxyl groups is 2. The van der Waals surface area contributed by atoms with Gasteiger partial charge in [-0.05, 0) is 57.8 Å². The molecule has 0 aliphatic carbocycles. The van der Waals surface area contributed by atoms with Crippen LogP contribution in [0.5, 0.6) is 0 Å². The summed E-state index contributed by atoms with van der Waals surface area (Å²) in [7, 11) is 0. The van der Waals surface area contributed by atoms with Crippen molar-refractivity contribution in [3.63, 3.8) is 0 Å². The van der Waals surface area contributed by atoms with Gasteiger partial charge in [0, 0.05) is 6.42 Å². The molecule has 4 nitrogen and oxygen atoms in total. The Balaban J connectivity index is 3.39. The number of hydrogen-bond donors (Lipinski definition) is 3.